The van der Waals surface area contributed by atoms with Gasteiger partial charge in [0.2, 0.25) is 11.8 Å². The molecule has 1 saturated heterocycles. The van der Waals surface area contributed by atoms with Crippen molar-refractivity contribution in [3.8, 4) is 0 Å². The van der Waals surface area contributed by atoms with E-state index in [0.29, 0.717) is 31.5 Å². The third-order valence-corrected chi connectivity index (χ3v) is 4.54. The number of anilines is 1. The van der Waals surface area contributed by atoms with Crippen LogP contribution in [0.3, 0.4) is 0 Å². The van der Waals surface area contributed by atoms with E-state index in [-0.39, 0.29) is 18.1 Å². The third-order valence-electron chi connectivity index (χ3n) is 3.68. The summed E-state index contributed by atoms with van der Waals surface area (Å²) in [5, 5.41) is 14.9. The minimum absolute atomic E-state index is 0.136. The first-order valence-corrected chi connectivity index (χ1v) is 8.52. The number of rotatable bonds is 3. The Morgan fingerprint density at radius 2 is 2.26 bits per heavy atom. The van der Waals surface area contributed by atoms with Crippen LogP contribution >= 0.6 is 11.3 Å². The molecule has 0 radical (unpaired) electrons. The molecule has 8 heteroatoms. The first-order valence-electron chi connectivity index (χ1n) is 7.58. The molecule has 0 saturated carbocycles. The van der Waals surface area contributed by atoms with Crippen LogP contribution in [0.4, 0.5) is 10.5 Å². The summed E-state index contributed by atoms with van der Waals surface area (Å²) in [6.07, 6.45) is -0.377. The molecule has 1 unspecified atom stereocenters. The van der Waals surface area contributed by atoms with E-state index in [1.807, 2.05) is 31.5 Å². The van der Waals surface area contributed by atoms with Gasteiger partial charge in [-0.2, -0.15) is 0 Å². The topological polar surface area (TPSA) is 80.5 Å². The van der Waals surface area contributed by atoms with Crippen molar-refractivity contribution >= 4 is 23.1 Å². The zero-order chi connectivity index (χ0) is 16.4. The Bertz CT molecular complexity index is 682. The maximum atomic E-state index is 12.4. The molecular formula is C15H20N4O3S. The van der Waals surface area contributed by atoms with E-state index in [1.54, 1.807) is 16.2 Å². The fourth-order valence-corrected chi connectivity index (χ4v) is 3.06. The average Bonchev–Trinajstić information content (AvgIpc) is 3.17. The van der Waals surface area contributed by atoms with Gasteiger partial charge in [-0.25, -0.2) is 4.79 Å². The summed E-state index contributed by atoms with van der Waals surface area (Å²) in [6.45, 7) is 7.33. The Kier molecular flexibility index (Phi) is 4.63. The predicted molar refractivity (Wildman–Crippen MR) is 86.7 cm³/mol. The molecule has 1 N–H and O–H groups in total. The molecule has 7 nitrogen and oxygen atoms in total. The number of nitrogens with zero attached hydrogens (tertiary/aromatic N) is 3. The molecule has 23 heavy (non-hydrogen) atoms. The monoisotopic (exact) mass is 336 g/mol. The van der Waals surface area contributed by atoms with Crippen LogP contribution in [-0.2, 0) is 4.74 Å². The molecule has 1 fully saturated rings. The molecule has 1 aliphatic heterocycles. The molecule has 1 aliphatic rings. The van der Waals surface area contributed by atoms with Crippen LogP contribution in [0, 0.1) is 6.92 Å². The maximum absolute atomic E-state index is 12.4. The van der Waals surface area contributed by atoms with Crippen LogP contribution in [-0.4, -0.2) is 40.8 Å². The van der Waals surface area contributed by atoms with Crippen molar-refractivity contribution in [2.75, 3.05) is 25.0 Å². The van der Waals surface area contributed by atoms with Gasteiger partial charge in [0.1, 0.15) is 0 Å². The van der Waals surface area contributed by atoms with Gasteiger partial charge in [-0.1, -0.05) is 13.8 Å². The summed E-state index contributed by atoms with van der Waals surface area (Å²) in [5.74, 6) is 1.18. The number of hydrogen-bond donors (Lipinski definition) is 1. The highest BCUT2D eigenvalue weighted by Crippen LogP contribution is 2.25. The Balaban J connectivity index is 1.65. The number of thiophene rings is 1. The number of hydrogen-bond acceptors (Lipinski definition) is 6. The number of aryl methyl sites for hydroxylation is 1. The molecule has 2 aromatic heterocycles. The number of carbonyl (C=O) groups is 1. The molecule has 3 heterocycles. The molecule has 124 valence electrons. The van der Waals surface area contributed by atoms with Crippen molar-refractivity contribution in [1.82, 2.24) is 15.1 Å². The normalized spacial score (nSPS) is 18.4. The highest BCUT2D eigenvalue weighted by molar-refractivity contribution is 7.08. The zero-order valence-corrected chi connectivity index (χ0v) is 14.2. The molecule has 0 bridgehead atoms. The summed E-state index contributed by atoms with van der Waals surface area (Å²) < 4.78 is 11.3. The fraction of sp³-hybridized carbons (Fsp3) is 0.533. The molecule has 2 aromatic rings. The number of morpholine rings is 1. The largest absolute Gasteiger partial charge is 0.422 e. The lowest BCUT2D eigenvalue weighted by molar-refractivity contribution is -0.0276. The van der Waals surface area contributed by atoms with Crippen molar-refractivity contribution in [1.29, 1.82) is 0 Å². The van der Waals surface area contributed by atoms with Gasteiger partial charge in [-0.3, -0.25) is 0 Å². The lowest BCUT2D eigenvalue weighted by Gasteiger charge is -2.31. The first-order chi connectivity index (χ1) is 11.0. The number of nitrogens with one attached hydrogen (secondary N) is 1. The van der Waals surface area contributed by atoms with E-state index in [9.17, 15) is 4.79 Å². The van der Waals surface area contributed by atoms with Crippen LogP contribution < -0.4 is 5.32 Å². The molecule has 0 spiro atoms. The van der Waals surface area contributed by atoms with E-state index in [2.05, 4.69) is 15.5 Å². The second-order valence-electron chi connectivity index (χ2n) is 5.84. The molecule has 0 aromatic carbocycles. The summed E-state index contributed by atoms with van der Waals surface area (Å²) in [7, 11) is 0. The van der Waals surface area contributed by atoms with Crippen LogP contribution in [0.15, 0.2) is 15.2 Å². The minimum atomic E-state index is -0.377. The molecule has 2 amide bonds. The lowest BCUT2D eigenvalue weighted by Crippen LogP contribution is -2.44. The number of carbonyl (C=O) groups excluding carboxylic acids is 1. The van der Waals surface area contributed by atoms with E-state index in [4.69, 9.17) is 9.15 Å². The van der Waals surface area contributed by atoms with Gasteiger partial charge in [0.25, 0.3) is 0 Å². The Labute approximate surface area is 138 Å². The zero-order valence-electron chi connectivity index (χ0n) is 13.4. The summed E-state index contributed by atoms with van der Waals surface area (Å²) in [4.78, 5) is 14.1. The van der Waals surface area contributed by atoms with Gasteiger partial charge >= 0.3 is 6.03 Å². The van der Waals surface area contributed by atoms with Crippen molar-refractivity contribution < 1.29 is 13.9 Å². The van der Waals surface area contributed by atoms with Crippen molar-refractivity contribution in [3.63, 3.8) is 0 Å². The van der Waals surface area contributed by atoms with Crippen LogP contribution in [0.5, 0.6) is 0 Å². The molecule has 0 aliphatic carbocycles. The summed E-state index contributed by atoms with van der Waals surface area (Å²) >= 11 is 1.57. The van der Waals surface area contributed by atoms with Gasteiger partial charge in [0, 0.05) is 17.8 Å². The Morgan fingerprint density at radius 1 is 1.43 bits per heavy atom. The Morgan fingerprint density at radius 3 is 2.91 bits per heavy atom. The second kappa shape index (κ2) is 6.67. The van der Waals surface area contributed by atoms with E-state index < -0.39 is 0 Å². The van der Waals surface area contributed by atoms with Gasteiger partial charge in [-0.15, -0.1) is 21.5 Å². The maximum Gasteiger partial charge on any atom is 0.322 e. The van der Waals surface area contributed by atoms with Gasteiger partial charge < -0.3 is 19.4 Å². The minimum Gasteiger partial charge on any atom is -0.422 e. The Hall–Kier alpha value is -1.93. The van der Waals surface area contributed by atoms with Gasteiger partial charge in [0.15, 0.2) is 6.10 Å². The predicted octanol–water partition coefficient (Wildman–Crippen LogP) is 3.17. The standard InChI is InChI=1S/C15H20N4O3S/c1-9(2)13-17-18-14(22-13)12-6-19(4-5-21-12)15(20)16-11-8-23-7-10(11)3/h7-9,12H,4-6H2,1-3H3,(H,16,20). The van der Waals surface area contributed by atoms with Crippen LogP contribution in [0.2, 0.25) is 0 Å². The van der Waals surface area contributed by atoms with Crippen molar-refractivity contribution in [2.24, 2.45) is 0 Å². The van der Waals surface area contributed by atoms with Crippen molar-refractivity contribution in [2.45, 2.75) is 32.8 Å². The fourth-order valence-electron chi connectivity index (χ4n) is 2.28. The van der Waals surface area contributed by atoms with Gasteiger partial charge in [-0.05, 0) is 17.9 Å². The number of ether oxygens (including phenoxy) is 1. The van der Waals surface area contributed by atoms with Crippen molar-refractivity contribution in [3.05, 3.63) is 28.1 Å². The average molecular weight is 336 g/mol. The van der Waals surface area contributed by atoms with E-state index >= 15 is 0 Å². The van der Waals surface area contributed by atoms with Crippen LogP contribution in [0.1, 0.15) is 43.2 Å². The summed E-state index contributed by atoms with van der Waals surface area (Å²) in [5.41, 5.74) is 1.91. The second-order valence-corrected chi connectivity index (χ2v) is 6.58. The highest BCUT2D eigenvalue weighted by Gasteiger charge is 2.29. The number of aromatic nitrogens is 2. The quantitative estimate of drug-likeness (QED) is 0.931. The first kappa shape index (κ1) is 15.9. The highest BCUT2D eigenvalue weighted by atomic mass is 32.1. The van der Waals surface area contributed by atoms with Crippen LogP contribution in [0.25, 0.3) is 0 Å². The number of urea groups is 1. The molecule has 3 rings (SSSR count). The lowest BCUT2D eigenvalue weighted by atomic mass is 10.2. The number of amides is 2. The SMILES string of the molecule is Cc1cscc1NC(=O)N1CCOC(c2nnc(C(C)C)o2)C1. The molecular weight excluding hydrogens is 316 g/mol. The van der Waals surface area contributed by atoms with Gasteiger partial charge in [0.05, 0.1) is 18.8 Å². The van der Waals surface area contributed by atoms with E-state index in [0.717, 1.165) is 11.3 Å². The third kappa shape index (κ3) is 3.53. The molecule has 1 atom stereocenters. The van der Waals surface area contributed by atoms with E-state index in [1.165, 1.54) is 0 Å². The smallest absolute Gasteiger partial charge is 0.322 e. The summed E-state index contributed by atoms with van der Waals surface area (Å²) in [6, 6.07) is -0.136.